The Morgan fingerprint density at radius 1 is 1.00 bits per heavy atom. The molecule has 0 spiro atoms. The zero-order valence-corrected chi connectivity index (χ0v) is 15.0. The number of aromatic nitrogens is 2. The number of anilines is 1. The van der Waals surface area contributed by atoms with Crippen LogP contribution in [0.5, 0.6) is 5.75 Å². The van der Waals surface area contributed by atoms with Gasteiger partial charge in [0.05, 0.1) is 18.5 Å². The summed E-state index contributed by atoms with van der Waals surface area (Å²) >= 11 is 0. The number of hydrogen-bond donors (Lipinski definition) is 2. The number of nitrogen functional groups attached to an aromatic ring is 1. The Hall–Kier alpha value is -3.53. The van der Waals surface area contributed by atoms with Gasteiger partial charge in [-0.3, -0.25) is 4.98 Å². The molecule has 0 saturated carbocycles. The molecule has 0 atom stereocenters. The van der Waals surface area contributed by atoms with Crippen LogP contribution in [-0.4, -0.2) is 17.1 Å². The van der Waals surface area contributed by atoms with Gasteiger partial charge in [-0.05, 0) is 58.5 Å². The first-order valence-corrected chi connectivity index (χ1v) is 8.94. The number of rotatable bonds is 3. The summed E-state index contributed by atoms with van der Waals surface area (Å²) in [6.45, 7) is 0. The fourth-order valence-electron chi connectivity index (χ4n) is 3.74. The van der Waals surface area contributed by atoms with Crippen molar-refractivity contribution in [3.8, 4) is 16.9 Å². The maximum Gasteiger partial charge on any atom is 0.142 e. The zero-order valence-electron chi connectivity index (χ0n) is 15.0. The first-order chi connectivity index (χ1) is 13.2. The average Bonchev–Trinajstić information content (AvgIpc) is 3.34. The van der Waals surface area contributed by atoms with Crippen molar-refractivity contribution in [2.75, 3.05) is 12.8 Å². The molecule has 0 bridgehead atoms. The van der Waals surface area contributed by atoms with E-state index in [4.69, 9.17) is 15.5 Å². The fourth-order valence-corrected chi connectivity index (χ4v) is 3.74. The first kappa shape index (κ1) is 15.7. The van der Waals surface area contributed by atoms with Crippen LogP contribution >= 0.6 is 0 Å². The number of fused-ring (bicyclic) bond motifs is 2. The maximum absolute atomic E-state index is 5.95. The quantitative estimate of drug-likeness (QED) is 0.520. The van der Waals surface area contributed by atoms with Crippen molar-refractivity contribution in [2.24, 2.45) is 0 Å². The van der Waals surface area contributed by atoms with Gasteiger partial charge in [-0.25, -0.2) is 0 Å². The lowest BCUT2D eigenvalue weighted by Gasteiger charge is -2.11. The standard InChI is InChI=1S/C23H19N3O/c1-27-23-12-14(2-5-20(23)24)17-11-19-18(4-7-22(19)26-13-17)15-3-6-21-16(10-15)8-9-25-21/h2-6,8-13,25H,7,24H2,1H3. The van der Waals surface area contributed by atoms with Crippen LogP contribution in [0.2, 0.25) is 0 Å². The van der Waals surface area contributed by atoms with Gasteiger partial charge in [-0.15, -0.1) is 0 Å². The molecular formula is C23H19N3O. The highest BCUT2D eigenvalue weighted by molar-refractivity contribution is 5.91. The van der Waals surface area contributed by atoms with Crippen LogP contribution in [0, 0.1) is 0 Å². The summed E-state index contributed by atoms with van der Waals surface area (Å²) in [5.74, 6) is 0.682. The molecule has 0 saturated heterocycles. The molecule has 5 rings (SSSR count). The van der Waals surface area contributed by atoms with Gasteiger partial charge in [-0.2, -0.15) is 0 Å². The molecule has 0 amide bonds. The molecule has 2 aromatic carbocycles. The minimum atomic E-state index is 0.635. The van der Waals surface area contributed by atoms with Crippen molar-refractivity contribution in [3.63, 3.8) is 0 Å². The topological polar surface area (TPSA) is 63.9 Å². The highest BCUT2D eigenvalue weighted by atomic mass is 16.5. The summed E-state index contributed by atoms with van der Waals surface area (Å²) in [4.78, 5) is 7.96. The van der Waals surface area contributed by atoms with E-state index >= 15 is 0 Å². The number of allylic oxidation sites excluding steroid dienone is 1. The molecule has 4 heteroatoms. The van der Waals surface area contributed by atoms with Crippen molar-refractivity contribution < 1.29 is 4.74 Å². The molecule has 4 nitrogen and oxygen atoms in total. The predicted octanol–water partition coefficient (Wildman–Crippen LogP) is 4.81. The van der Waals surface area contributed by atoms with Gasteiger partial charge in [0.1, 0.15) is 5.75 Å². The molecule has 0 fully saturated rings. The molecule has 1 aliphatic carbocycles. The summed E-state index contributed by atoms with van der Waals surface area (Å²) in [5.41, 5.74) is 14.6. The number of pyridine rings is 1. The van der Waals surface area contributed by atoms with Gasteiger partial charge in [0, 0.05) is 35.5 Å². The molecule has 2 aromatic heterocycles. The third-order valence-electron chi connectivity index (χ3n) is 5.19. The normalized spacial score (nSPS) is 12.9. The summed E-state index contributed by atoms with van der Waals surface area (Å²) < 4.78 is 5.36. The van der Waals surface area contributed by atoms with Crippen LogP contribution in [0.15, 0.2) is 67.0 Å². The molecule has 1 aliphatic rings. The van der Waals surface area contributed by atoms with Crippen molar-refractivity contribution in [1.82, 2.24) is 9.97 Å². The Labute approximate surface area is 157 Å². The Bertz CT molecular complexity index is 1200. The highest BCUT2D eigenvalue weighted by Crippen LogP contribution is 2.36. The second-order valence-corrected chi connectivity index (χ2v) is 6.78. The van der Waals surface area contributed by atoms with E-state index in [9.17, 15) is 0 Å². The van der Waals surface area contributed by atoms with Crippen LogP contribution in [0.3, 0.4) is 0 Å². The fraction of sp³-hybridized carbons (Fsp3) is 0.0870. The minimum Gasteiger partial charge on any atom is -0.495 e. The van der Waals surface area contributed by atoms with E-state index in [0.717, 1.165) is 28.8 Å². The van der Waals surface area contributed by atoms with E-state index in [0.29, 0.717) is 11.4 Å². The number of nitrogens with one attached hydrogen (secondary N) is 1. The lowest BCUT2D eigenvalue weighted by Crippen LogP contribution is -1.95. The van der Waals surface area contributed by atoms with Crippen LogP contribution in [0.25, 0.3) is 27.6 Å². The van der Waals surface area contributed by atoms with Crippen LogP contribution in [0.1, 0.15) is 16.8 Å². The number of ether oxygens (including phenoxy) is 1. The number of methoxy groups -OCH3 is 1. The summed E-state index contributed by atoms with van der Waals surface area (Å²) in [7, 11) is 1.63. The molecule has 27 heavy (non-hydrogen) atoms. The summed E-state index contributed by atoms with van der Waals surface area (Å²) in [5, 5.41) is 1.22. The van der Waals surface area contributed by atoms with Crippen LogP contribution in [-0.2, 0) is 6.42 Å². The van der Waals surface area contributed by atoms with E-state index in [1.54, 1.807) is 7.11 Å². The van der Waals surface area contributed by atoms with Gasteiger partial charge in [0.2, 0.25) is 0 Å². The van der Waals surface area contributed by atoms with Crippen molar-refractivity contribution in [1.29, 1.82) is 0 Å². The Morgan fingerprint density at radius 2 is 1.89 bits per heavy atom. The van der Waals surface area contributed by atoms with Gasteiger partial charge in [0.15, 0.2) is 0 Å². The van der Waals surface area contributed by atoms with Gasteiger partial charge >= 0.3 is 0 Å². The third kappa shape index (κ3) is 2.57. The van der Waals surface area contributed by atoms with Gasteiger partial charge in [-0.1, -0.05) is 18.2 Å². The first-order valence-electron chi connectivity index (χ1n) is 8.94. The second kappa shape index (κ2) is 6.02. The molecule has 0 aliphatic heterocycles. The molecule has 3 N–H and O–H groups in total. The lowest BCUT2D eigenvalue weighted by atomic mass is 9.97. The molecular weight excluding hydrogens is 334 g/mol. The second-order valence-electron chi connectivity index (χ2n) is 6.78. The van der Waals surface area contributed by atoms with E-state index in [1.807, 2.05) is 30.6 Å². The number of hydrogen-bond acceptors (Lipinski definition) is 3. The number of H-pyrrole nitrogens is 1. The zero-order chi connectivity index (χ0) is 18.4. The largest absolute Gasteiger partial charge is 0.495 e. The van der Waals surface area contributed by atoms with Crippen molar-refractivity contribution in [3.05, 3.63) is 83.8 Å². The minimum absolute atomic E-state index is 0.635. The average molecular weight is 353 g/mol. The number of benzene rings is 2. The number of nitrogens with zero attached hydrogens (tertiary/aromatic N) is 1. The smallest absolute Gasteiger partial charge is 0.142 e. The number of aromatic amines is 1. The Kier molecular flexibility index (Phi) is 3.50. The molecule has 2 heterocycles. The Morgan fingerprint density at radius 3 is 2.78 bits per heavy atom. The molecule has 4 aromatic rings. The monoisotopic (exact) mass is 353 g/mol. The summed E-state index contributed by atoms with van der Waals surface area (Å²) in [6.07, 6.45) is 7.02. The maximum atomic E-state index is 5.95. The van der Waals surface area contributed by atoms with E-state index in [-0.39, 0.29) is 0 Å². The van der Waals surface area contributed by atoms with E-state index in [2.05, 4.69) is 41.4 Å². The lowest BCUT2D eigenvalue weighted by molar-refractivity contribution is 0.417. The van der Waals surface area contributed by atoms with E-state index < -0.39 is 0 Å². The van der Waals surface area contributed by atoms with Crippen LogP contribution < -0.4 is 10.5 Å². The van der Waals surface area contributed by atoms with Crippen molar-refractivity contribution in [2.45, 2.75) is 6.42 Å². The SMILES string of the molecule is COc1cc(-c2cnc3c(c2)C(c2ccc4[nH]ccc4c2)=CC3)ccc1N. The molecule has 132 valence electrons. The van der Waals surface area contributed by atoms with Gasteiger partial charge < -0.3 is 15.5 Å². The molecule has 0 unspecified atom stereocenters. The number of nitrogens with two attached hydrogens (primary N) is 1. The van der Waals surface area contributed by atoms with Gasteiger partial charge in [0.25, 0.3) is 0 Å². The highest BCUT2D eigenvalue weighted by Gasteiger charge is 2.18. The van der Waals surface area contributed by atoms with E-state index in [1.165, 1.54) is 22.1 Å². The predicted molar refractivity (Wildman–Crippen MR) is 110 cm³/mol. The third-order valence-corrected chi connectivity index (χ3v) is 5.19. The van der Waals surface area contributed by atoms with Crippen molar-refractivity contribution >= 4 is 22.2 Å². The Balaban J connectivity index is 1.58. The van der Waals surface area contributed by atoms with Crippen LogP contribution in [0.4, 0.5) is 5.69 Å². The summed E-state index contributed by atoms with van der Waals surface area (Å²) in [6, 6.07) is 16.7. The molecule has 0 radical (unpaired) electrons.